The van der Waals surface area contributed by atoms with Crippen molar-refractivity contribution in [3.8, 4) is 5.75 Å². The average molecular weight is 471 g/mol. The number of halogens is 1. The number of hydrogen-bond donors (Lipinski definition) is 1. The van der Waals surface area contributed by atoms with E-state index in [2.05, 4.69) is 5.32 Å². The zero-order chi connectivity index (χ0) is 22.1. The average Bonchev–Trinajstić information content (AvgIpc) is 2.68. The number of amides is 1. The molecule has 0 unspecified atom stereocenters. The standard InChI is InChI=1S/C21H27ClN2O4S2/c1-16-8-9-20(28-2)19(12-16)24(30(3,26)27)14-21(25)23-10-5-11-29-15-17-6-4-7-18(22)13-17/h4,6-9,12-13H,5,10-11,14-15H2,1-3H3,(H,23,25). The number of hydrogen-bond acceptors (Lipinski definition) is 5. The van der Waals surface area contributed by atoms with Crippen LogP contribution in [-0.4, -0.2) is 46.5 Å². The van der Waals surface area contributed by atoms with Gasteiger partial charge in [-0.1, -0.05) is 29.8 Å². The molecular formula is C21H27ClN2O4S2. The molecule has 0 aliphatic carbocycles. The maximum absolute atomic E-state index is 12.4. The Morgan fingerprint density at radius 2 is 2.00 bits per heavy atom. The van der Waals surface area contributed by atoms with Gasteiger partial charge in [-0.2, -0.15) is 11.8 Å². The maximum atomic E-state index is 12.4. The summed E-state index contributed by atoms with van der Waals surface area (Å²) < 4.78 is 30.9. The van der Waals surface area contributed by atoms with Gasteiger partial charge in [-0.3, -0.25) is 9.10 Å². The summed E-state index contributed by atoms with van der Waals surface area (Å²) in [5.41, 5.74) is 2.39. The molecule has 2 rings (SSSR count). The summed E-state index contributed by atoms with van der Waals surface area (Å²) in [6.07, 6.45) is 1.86. The van der Waals surface area contributed by atoms with Gasteiger partial charge in [-0.05, 0) is 54.5 Å². The first kappa shape index (κ1) is 24.4. The second-order valence-corrected chi connectivity index (χ2v) is 10.3. The number of ether oxygens (including phenoxy) is 1. The molecule has 0 atom stereocenters. The van der Waals surface area contributed by atoms with Crippen molar-refractivity contribution in [2.24, 2.45) is 0 Å². The van der Waals surface area contributed by atoms with Crippen LogP contribution in [0.25, 0.3) is 0 Å². The second-order valence-electron chi connectivity index (χ2n) is 6.83. The van der Waals surface area contributed by atoms with E-state index < -0.39 is 10.0 Å². The molecule has 1 amide bonds. The van der Waals surface area contributed by atoms with Crippen molar-refractivity contribution >= 4 is 45.0 Å². The Morgan fingerprint density at radius 1 is 1.23 bits per heavy atom. The topological polar surface area (TPSA) is 75.7 Å². The van der Waals surface area contributed by atoms with E-state index in [4.69, 9.17) is 16.3 Å². The van der Waals surface area contributed by atoms with Crippen LogP contribution in [0.15, 0.2) is 42.5 Å². The molecule has 0 saturated carbocycles. The lowest BCUT2D eigenvalue weighted by atomic mass is 10.2. The van der Waals surface area contributed by atoms with E-state index in [1.807, 2.05) is 37.3 Å². The quantitative estimate of drug-likeness (QED) is 0.504. The summed E-state index contributed by atoms with van der Waals surface area (Å²) in [7, 11) is -2.19. The molecular weight excluding hydrogens is 444 g/mol. The Hall–Kier alpha value is -1.90. The number of carbonyl (C=O) groups is 1. The number of carbonyl (C=O) groups excluding carboxylic acids is 1. The summed E-state index contributed by atoms with van der Waals surface area (Å²) in [5.74, 6) is 1.76. The normalized spacial score (nSPS) is 11.2. The molecule has 0 aromatic heterocycles. The van der Waals surface area contributed by atoms with E-state index in [1.165, 1.54) is 7.11 Å². The molecule has 0 radical (unpaired) electrons. The van der Waals surface area contributed by atoms with Crippen LogP contribution >= 0.6 is 23.4 Å². The van der Waals surface area contributed by atoms with Gasteiger partial charge in [0.15, 0.2) is 0 Å². The van der Waals surface area contributed by atoms with Crippen LogP contribution in [0.4, 0.5) is 5.69 Å². The first-order chi connectivity index (χ1) is 14.2. The SMILES string of the molecule is COc1ccc(C)cc1N(CC(=O)NCCCSCc1cccc(Cl)c1)S(C)(=O)=O. The molecule has 0 aliphatic rings. The molecule has 0 bridgehead atoms. The van der Waals surface area contributed by atoms with Crippen molar-refractivity contribution in [3.05, 3.63) is 58.6 Å². The lowest BCUT2D eigenvalue weighted by molar-refractivity contribution is -0.119. The molecule has 0 saturated heterocycles. The highest BCUT2D eigenvalue weighted by atomic mass is 35.5. The fraction of sp³-hybridized carbons (Fsp3) is 0.381. The van der Waals surface area contributed by atoms with E-state index in [1.54, 1.807) is 23.9 Å². The number of nitrogens with zero attached hydrogens (tertiary/aromatic N) is 1. The molecule has 0 aliphatic heterocycles. The third kappa shape index (κ3) is 7.74. The maximum Gasteiger partial charge on any atom is 0.240 e. The fourth-order valence-corrected chi connectivity index (χ4v) is 4.75. The fourth-order valence-electron chi connectivity index (χ4n) is 2.78. The highest BCUT2D eigenvalue weighted by Gasteiger charge is 2.24. The number of anilines is 1. The van der Waals surface area contributed by atoms with Gasteiger partial charge in [0.1, 0.15) is 12.3 Å². The van der Waals surface area contributed by atoms with Gasteiger partial charge in [0.2, 0.25) is 15.9 Å². The van der Waals surface area contributed by atoms with Gasteiger partial charge in [-0.15, -0.1) is 0 Å². The van der Waals surface area contributed by atoms with Crippen LogP contribution in [0.2, 0.25) is 5.02 Å². The van der Waals surface area contributed by atoms with Crippen LogP contribution < -0.4 is 14.4 Å². The van der Waals surface area contributed by atoms with Crippen molar-refractivity contribution in [2.45, 2.75) is 19.1 Å². The molecule has 0 spiro atoms. The number of methoxy groups -OCH3 is 1. The van der Waals surface area contributed by atoms with Crippen LogP contribution in [0, 0.1) is 6.92 Å². The first-order valence-electron chi connectivity index (χ1n) is 9.42. The molecule has 0 heterocycles. The van der Waals surface area contributed by atoms with Crippen molar-refractivity contribution in [3.63, 3.8) is 0 Å². The first-order valence-corrected chi connectivity index (χ1v) is 12.8. The lowest BCUT2D eigenvalue weighted by Gasteiger charge is -2.24. The van der Waals surface area contributed by atoms with Crippen molar-refractivity contribution in [1.82, 2.24) is 5.32 Å². The van der Waals surface area contributed by atoms with Crippen LogP contribution in [-0.2, 0) is 20.6 Å². The Bertz CT molecular complexity index is 967. The minimum Gasteiger partial charge on any atom is -0.495 e. The second kappa shape index (κ2) is 11.5. The van der Waals surface area contributed by atoms with Crippen molar-refractivity contribution in [1.29, 1.82) is 0 Å². The van der Waals surface area contributed by atoms with E-state index >= 15 is 0 Å². The molecule has 30 heavy (non-hydrogen) atoms. The van der Waals surface area contributed by atoms with Crippen molar-refractivity contribution < 1.29 is 17.9 Å². The Labute approximate surface area is 188 Å². The predicted molar refractivity (Wildman–Crippen MR) is 125 cm³/mol. The number of benzene rings is 2. The smallest absolute Gasteiger partial charge is 0.240 e. The van der Waals surface area contributed by atoms with E-state index in [0.29, 0.717) is 18.0 Å². The molecule has 2 aromatic rings. The number of aryl methyl sites for hydroxylation is 1. The Morgan fingerprint density at radius 3 is 2.67 bits per heavy atom. The van der Waals surface area contributed by atoms with E-state index in [-0.39, 0.29) is 12.5 Å². The molecule has 9 heteroatoms. The summed E-state index contributed by atoms with van der Waals surface area (Å²) in [6, 6.07) is 12.9. The van der Waals surface area contributed by atoms with Gasteiger partial charge >= 0.3 is 0 Å². The molecule has 1 N–H and O–H groups in total. The summed E-state index contributed by atoms with van der Waals surface area (Å²) in [4.78, 5) is 12.4. The zero-order valence-electron chi connectivity index (χ0n) is 17.4. The van der Waals surface area contributed by atoms with Gasteiger partial charge in [0, 0.05) is 17.3 Å². The minimum atomic E-state index is -3.66. The zero-order valence-corrected chi connectivity index (χ0v) is 19.7. The van der Waals surface area contributed by atoms with E-state index in [0.717, 1.165) is 44.6 Å². The van der Waals surface area contributed by atoms with Gasteiger partial charge < -0.3 is 10.1 Å². The lowest BCUT2D eigenvalue weighted by Crippen LogP contribution is -2.40. The largest absolute Gasteiger partial charge is 0.495 e. The Balaban J connectivity index is 1.85. The molecule has 164 valence electrons. The highest BCUT2D eigenvalue weighted by Crippen LogP contribution is 2.30. The summed E-state index contributed by atoms with van der Waals surface area (Å²) in [5, 5.41) is 3.52. The number of rotatable bonds is 11. The Kier molecular flexibility index (Phi) is 9.33. The number of thioether (sulfide) groups is 1. The van der Waals surface area contributed by atoms with Crippen LogP contribution in [0.1, 0.15) is 17.5 Å². The summed E-state index contributed by atoms with van der Waals surface area (Å²) >= 11 is 7.73. The number of nitrogens with one attached hydrogen (secondary N) is 1. The van der Waals surface area contributed by atoms with Gasteiger partial charge in [0.25, 0.3) is 0 Å². The molecule has 6 nitrogen and oxygen atoms in total. The van der Waals surface area contributed by atoms with Gasteiger partial charge in [0.05, 0.1) is 19.1 Å². The van der Waals surface area contributed by atoms with Crippen LogP contribution in [0.5, 0.6) is 5.75 Å². The predicted octanol–water partition coefficient (Wildman–Crippen LogP) is 3.86. The highest BCUT2D eigenvalue weighted by molar-refractivity contribution is 7.98. The van der Waals surface area contributed by atoms with Crippen molar-refractivity contribution in [2.75, 3.05) is 36.5 Å². The van der Waals surface area contributed by atoms with Gasteiger partial charge in [-0.25, -0.2) is 8.42 Å². The number of sulfonamides is 1. The van der Waals surface area contributed by atoms with E-state index in [9.17, 15) is 13.2 Å². The minimum absolute atomic E-state index is 0.297. The third-order valence-corrected chi connectivity index (χ3v) is 6.71. The van der Waals surface area contributed by atoms with Crippen LogP contribution in [0.3, 0.4) is 0 Å². The molecule has 2 aromatic carbocycles. The summed E-state index contributed by atoms with van der Waals surface area (Å²) in [6.45, 7) is 2.03. The molecule has 0 fully saturated rings. The third-order valence-electron chi connectivity index (χ3n) is 4.24. The monoisotopic (exact) mass is 470 g/mol.